The van der Waals surface area contributed by atoms with E-state index in [-0.39, 0.29) is 5.91 Å². The van der Waals surface area contributed by atoms with E-state index in [1.54, 1.807) is 19.2 Å². The van der Waals surface area contributed by atoms with E-state index in [1.165, 1.54) is 0 Å². The molecule has 0 radical (unpaired) electrons. The van der Waals surface area contributed by atoms with Gasteiger partial charge in [-0.1, -0.05) is 54.6 Å². The molecule has 1 N–H and O–H groups in total. The fourth-order valence-corrected chi connectivity index (χ4v) is 1.12. The normalized spacial score (nSPS) is 8.56. The minimum atomic E-state index is -0.0411. The van der Waals surface area contributed by atoms with Gasteiger partial charge >= 0.3 is 0 Å². The molecule has 0 fully saturated rings. The second-order valence-corrected chi connectivity index (χ2v) is 3.10. The summed E-state index contributed by atoms with van der Waals surface area (Å²) in [5, 5.41) is 2.54. The third-order valence-electron chi connectivity index (χ3n) is 1.93. The Bertz CT molecular complexity index is 371. The van der Waals surface area contributed by atoms with Gasteiger partial charge in [-0.2, -0.15) is 0 Å². The molecule has 2 nitrogen and oxygen atoms in total. The lowest BCUT2D eigenvalue weighted by Gasteiger charge is -1.96. The van der Waals surface area contributed by atoms with Crippen molar-refractivity contribution in [1.82, 2.24) is 5.32 Å². The highest BCUT2D eigenvalue weighted by Gasteiger charge is 1.97. The van der Waals surface area contributed by atoms with Crippen molar-refractivity contribution < 1.29 is 4.79 Å². The summed E-state index contributed by atoms with van der Waals surface area (Å²) in [6.45, 7) is 0. The van der Waals surface area contributed by atoms with Crippen LogP contribution in [0.2, 0.25) is 0 Å². The van der Waals surface area contributed by atoms with E-state index in [0.29, 0.717) is 5.56 Å². The minimum Gasteiger partial charge on any atom is -0.355 e. The van der Waals surface area contributed by atoms with Crippen molar-refractivity contribution in [1.29, 1.82) is 0 Å². The number of carbonyl (C=O) groups is 1. The van der Waals surface area contributed by atoms with Crippen LogP contribution in [0.1, 0.15) is 10.4 Å². The van der Waals surface area contributed by atoms with Crippen LogP contribution in [0, 0.1) is 0 Å². The lowest BCUT2D eigenvalue weighted by Crippen LogP contribution is -2.17. The monoisotopic (exact) mass is 213 g/mol. The molecule has 0 heterocycles. The molecule has 1 amide bonds. The zero-order valence-corrected chi connectivity index (χ0v) is 9.26. The largest absolute Gasteiger partial charge is 0.355 e. The van der Waals surface area contributed by atoms with Gasteiger partial charge in [0.15, 0.2) is 0 Å². The SMILES string of the molecule is CNC(=O)c1ccccc1.c1ccccc1. The molecular weight excluding hydrogens is 198 g/mol. The lowest BCUT2D eigenvalue weighted by atomic mass is 10.2. The highest BCUT2D eigenvalue weighted by molar-refractivity contribution is 5.93. The summed E-state index contributed by atoms with van der Waals surface area (Å²) in [5.41, 5.74) is 0.699. The van der Waals surface area contributed by atoms with Gasteiger partial charge in [-0.3, -0.25) is 4.79 Å². The molecule has 0 unspecified atom stereocenters. The summed E-state index contributed by atoms with van der Waals surface area (Å²) in [4.78, 5) is 10.9. The van der Waals surface area contributed by atoms with Crippen molar-refractivity contribution in [2.45, 2.75) is 0 Å². The first-order chi connectivity index (χ1) is 7.84. The first kappa shape index (κ1) is 12.0. The van der Waals surface area contributed by atoms with Crippen molar-refractivity contribution in [3.05, 3.63) is 72.3 Å². The van der Waals surface area contributed by atoms with Crippen LogP contribution in [0.5, 0.6) is 0 Å². The van der Waals surface area contributed by atoms with Gasteiger partial charge in [0.05, 0.1) is 0 Å². The van der Waals surface area contributed by atoms with Gasteiger partial charge in [-0.05, 0) is 12.1 Å². The lowest BCUT2D eigenvalue weighted by molar-refractivity contribution is 0.0963. The molecule has 2 aromatic carbocycles. The Morgan fingerprint density at radius 3 is 1.56 bits per heavy atom. The van der Waals surface area contributed by atoms with E-state index in [9.17, 15) is 4.79 Å². The maximum absolute atomic E-state index is 10.9. The van der Waals surface area contributed by atoms with Crippen LogP contribution in [0.4, 0.5) is 0 Å². The van der Waals surface area contributed by atoms with Crippen LogP contribution >= 0.6 is 0 Å². The quantitative estimate of drug-likeness (QED) is 0.775. The summed E-state index contributed by atoms with van der Waals surface area (Å²) in [6.07, 6.45) is 0. The summed E-state index contributed by atoms with van der Waals surface area (Å²) in [5.74, 6) is -0.0411. The van der Waals surface area contributed by atoms with Crippen LogP contribution in [0.15, 0.2) is 66.7 Å². The highest BCUT2D eigenvalue weighted by Crippen LogP contribution is 1.96. The summed E-state index contributed by atoms with van der Waals surface area (Å²) >= 11 is 0. The zero-order chi connectivity index (χ0) is 11.6. The van der Waals surface area contributed by atoms with Crippen molar-refractivity contribution in [3.8, 4) is 0 Å². The van der Waals surface area contributed by atoms with Crippen molar-refractivity contribution in [3.63, 3.8) is 0 Å². The number of amides is 1. The van der Waals surface area contributed by atoms with Gasteiger partial charge in [0, 0.05) is 12.6 Å². The number of nitrogens with one attached hydrogen (secondary N) is 1. The van der Waals surface area contributed by atoms with E-state index < -0.39 is 0 Å². The molecule has 0 saturated carbocycles. The van der Waals surface area contributed by atoms with Crippen LogP contribution in [-0.4, -0.2) is 13.0 Å². The molecule has 0 bridgehead atoms. The average Bonchev–Trinajstić information content (AvgIpc) is 2.41. The van der Waals surface area contributed by atoms with Gasteiger partial charge in [-0.15, -0.1) is 0 Å². The second-order valence-electron chi connectivity index (χ2n) is 3.10. The molecule has 82 valence electrons. The molecule has 0 spiro atoms. The third-order valence-corrected chi connectivity index (χ3v) is 1.93. The van der Waals surface area contributed by atoms with Crippen molar-refractivity contribution in [2.24, 2.45) is 0 Å². The Hall–Kier alpha value is -2.09. The zero-order valence-electron chi connectivity index (χ0n) is 9.26. The van der Waals surface area contributed by atoms with Gasteiger partial charge in [0.1, 0.15) is 0 Å². The minimum absolute atomic E-state index is 0.0411. The van der Waals surface area contributed by atoms with E-state index >= 15 is 0 Å². The number of hydrogen-bond acceptors (Lipinski definition) is 1. The fraction of sp³-hybridized carbons (Fsp3) is 0.0714. The molecule has 16 heavy (non-hydrogen) atoms. The summed E-state index contributed by atoms with van der Waals surface area (Å²) in [6, 6.07) is 21.1. The molecule has 0 saturated heterocycles. The molecule has 2 aromatic rings. The molecule has 2 heteroatoms. The molecule has 0 aromatic heterocycles. The van der Waals surface area contributed by atoms with Crippen LogP contribution in [0.3, 0.4) is 0 Å². The first-order valence-corrected chi connectivity index (χ1v) is 5.11. The van der Waals surface area contributed by atoms with E-state index in [4.69, 9.17) is 0 Å². The van der Waals surface area contributed by atoms with E-state index in [1.807, 2.05) is 54.6 Å². The molecule has 0 aliphatic rings. The second kappa shape index (κ2) is 7.23. The summed E-state index contributed by atoms with van der Waals surface area (Å²) in [7, 11) is 1.62. The fourth-order valence-electron chi connectivity index (χ4n) is 1.12. The Morgan fingerprint density at radius 1 is 0.812 bits per heavy atom. The van der Waals surface area contributed by atoms with Crippen LogP contribution in [-0.2, 0) is 0 Å². The molecular formula is C14H15NO. The standard InChI is InChI=1S/C8H9NO.C6H6/c1-9-8(10)7-5-3-2-4-6-7;1-2-4-6-5-3-1/h2-6H,1H3,(H,9,10);1-6H. The summed E-state index contributed by atoms with van der Waals surface area (Å²) < 4.78 is 0. The third kappa shape index (κ3) is 4.42. The van der Waals surface area contributed by atoms with Gasteiger partial charge in [0.2, 0.25) is 0 Å². The molecule has 0 atom stereocenters. The molecule has 0 aliphatic carbocycles. The number of rotatable bonds is 1. The topological polar surface area (TPSA) is 29.1 Å². The number of benzene rings is 2. The number of hydrogen-bond donors (Lipinski definition) is 1. The maximum atomic E-state index is 10.9. The van der Waals surface area contributed by atoms with E-state index in [0.717, 1.165) is 0 Å². The highest BCUT2D eigenvalue weighted by atomic mass is 16.1. The van der Waals surface area contributed by atoms with Crippen molar-refractivity contribution in [2.75, 3.05) is 7.05 Å². The predicted octanol–water partition coefficient (Wildman–Crippen LogP) is 2.73. The van der Waals surface area contributed by atoms with Crippen LogP contribution < -0.4 is 5.32 Å². The van der Waals surface area contributed by atoms with Gasteiger partial charge in [0.25, 0.3) is 5.91 Å². The van der Waals surface area contributed by atoms with Gasteiger partial charge in [-0.25, -0.2) is 0 Å². The average molecular weight is 213 g/mol. The maximum Gasteiger partial charge on any atom is 0.251 e. The number of carbonyl (C=O) groups excluding carboxylic acids is 1. The van der Waals surface area contributed by atoms with E-state index in [2.05, 4.69) is 5.32 Å². The predicted molar refractivity (Wildman–Crippen MR) is 66.3 cm³/mol. The molecule has 0 aliphatic heterocycles. The molecule has 2 rings (SSSR count). The smallest absolute Gasteiger partial charge is 0.251 e. The first-order valence-electron chi connectivity index (χ1n) is 5.11. The van der Waals surface area contributed by atoms with Gasteiger partial charge < -0.3 is 5.32 Å². The Labute approximate surface area is 95.9 Å². The Kier molecular flexibility index (Phi) is 5.42. The van der Waals surface area contributed by atoms with Crippen LogP contribution in [0.25, 0.3) is 0 Å². The van der Waals surface area contributed by atoms with Crippen molar-refractivity contribution >= 4 is 5.91 Å². The Morgan fingerprint density at radius 2 is 1.19 bits per heavy atom. The Balaban J connectivity index is 0.000000181.